The summed E-state index contributed by atoms with van der Waals surface area (Å²) in [7, 11) is -1.40. The van der Waals surface area contributed by atoms with E-state index in [1.165, 1.54) is 11.1 Å². The van der Waals surface area contributed by atoms with E-state index in [1.807, 2.05) is 30.3 Å². The highest BCUT2D eigenvalue weighted by atomic mass is 32.2. The van der Waals surface area contributed by atoms with E-state index >= 15 is 0 Å². The SMILES string of the molecule is COc1ccc(CN(Cc2cc(=O)oc3cc4c(cc23)CCC4)C2CCS(=O)(=O)C2)cc1. The third-order valence-electron chi connectivity index (χ3n) is 6.69. The highest BCUT2D eigenvalue weighted by molar-refractivity contribution is 7.91. The van der Waals surface area contributed by atoms with Crippen molar-refractivity contribution in [3.63, 3.8) is 0 Å². The molecule has 2 aromatic carbocycles. The molecule has 0 bridgehead atoms. The number of rotatable bonds is 6. The first kappa shape index (κ1) is 21.2. The highest BCUT2D eigenvalue weighted by Crippen LogP contribution is 2.30. The fraction of sp³-hybridized carbons (Fsp3) is 0.400. The number of methoxy groups -OCH3 is 1. The Balaban J connectivity index is 1.51. The minimum absolute atomic E-state index is 0.0844. The summed E-state index contributed by atoms with van der Waals surface area (Å²) in [4.78, 5) is 14.5. The second-order valence-electron chi connectivity index (χ2n) is 8.87. The second-order valence-corrected chi connectivity index (χ2v) is 11.1. The van der Waals surface area contributed by atoms with E-state index in [0.717, 1.165) is 41.5 Å². The summed E-state index contributed by atoms with van der Waals surface area (Å²) in [6, 6.07) is 13.5. The summed E-state index contributed by atoms with van der Waals surface area (Å²) in [6.07, 6.45) is 3.78. The third kappa shape index (κ3) is 4.32. The van der Waals surface area contributed by atoms with Crippen LogP contribution in [0.15, 0.2) is 51.7 Å². The van der Waals surface area contributed by atoms with Gasteiger partial charge in [0.2, 0.25) is 0 Å². The molecule has 1 fully saturated rings. The topological polar surface area (TPSA) is 76.8 Å². The number of sulfone groups is 1. The lowest BCUT2D eigenvalue weighted by atomic mass is 10.0. The number of ether oxygens (including phenoxy) is 1. The zero-order chi connectivity index (χ0) is 22.3. The van der Waals surface area contributed by atoms with Crippen molar-refractivity contribution in [1.29, 1.82) is 0 Å². The summed E-state index contributed by atoms with van der Waals surface area (Å²) in [5.74, 6) is 1.14. The number of hydrogen-bond donors (Lipinski definition) is 0. The largest absolute Gasteiger partial charge is 0.497 e. The Morgan fingerprint density at radius 2 is 1.81 bits per heavy atom. The van der Waals surface area contributed by atoms with E-state index in [-0.39, 0.29) is 23.2 Å². The quantitative estimate of drug-likeness (QED) is 0.532. The van der Waals surface area contributed by atoms with Gasteiger partial charge in [0.25, 0.3) is 0 Å². The van der Waals surface area contributed by atoms with Crippen molar-refractivity contribution in [3.05, 3.63) is 75.1 Å². The van der Waals surface area contributed by atoms with Gasteiger partial charge in [0.1, 0.15) is 11.3 Å². The van der Waals surface area contributed by atoms with Crippen LogP contribution in [0, 0.1) is 0 Å². The van der Waals surface area contributed by atoms with Gasteiger partial charge in [-0.1, -0.05) is 12.1 Å². The lowest BCUT2D eigenvalue weighted by molar-refractivity contribution is 0.194. The molecule has 2 heterocycles. The molecule has 6 nitrogen and oxygen atoms in total. The first-order chi connectivity index (χ1) is 15.4. The molecule has 0 N–H and O–H groups in total. The maximum atomic E-state index is 12.3. The minimum atomic E-state index is -3.04. The minimum Gasteiger partial charge on any atom is -0.497 e. The van der Waals surface area contributed by atoms with Gasteiger partial charge in [0.05, 0.1) is 18.6 Å². The van der Waals surface area contributed by atoms with Crippen molar-refractivity contribution in [3.8, 4) is 5.75 Å². The summed E-state index contributed by atoms with van der Waals surface area (Å²) in [5, 5.41) is 0.950. The van der Waals surface area contributed by atoms with E-state index in [0.29, 0.717) is 25.1 Å². The molecule has 0 amide bonds. The van der Waals surface area contributed by atoms with Crippen LogP contribution in [0.2, 0.25) is 0 Å². The zero-order valence-electron chi connectivity index (χ0n) is 18.2. The molecule has 0 saturated carbocycles. The van der Waals surface area contributed by atoms with Crippen molar-refractivity contribution >= 4 is 20.8 Å². The van der Waals surface area contributed by atoms with E-state index in [2.05, 4.69) is 11.0 Å². The van der Waals surface area contributed by atoms with Gasteiger partial charge in [-0.25, -0.2) is 13.2 Å². The van der Waals surface area contributed by atoms with Gasteiger partial charge in [-0.15, -0.1) is 0 Å². The van der Waals surface area contributed by atoms with Gasteiger partial charge in [0, 0.05) is 30.6 Å². The number of hydrogen-bond acceptors (Lipinski definition) is 6. The molecule has 3 aromatic rings. The average molecular weight is 454 g/mol. The Kier molecular flexibility index (Phi) is 5.55. The number of aryl methyl sites for hydroxylation is 2. The number of nitrogens with zero attached hydrogens (tertiary/aromatic N) is 1. The van der Waals surface area contributed by atoms with Crippen LogP contribution in [-0.4, -0.2) is 38.0 Å². The van der Waals surface area contributed by atoms with Crippen molar-refractivity contribution in [2.45, 2.75) is 44.8 Å². The molecule has 1 unspecified atom stereocenters. The second kappa shape index (κ2) is 8.37. The molecular weight excluding hydrogens is 426 g/mol. The van der Waals surface area contributed by atoms with Gasteiger partial charge < -0.3 is 9.15 Å². The molecule has 32 heavy (non-hydrogen) atoms. The molecular formula is C25H27NO5S. The Morgan fingerprint density at radius 3 is 2.50 bits per heavy atom. The molecule has 1 saturated heterocycles. The molecule has 1 aliphatic heterocycles. The lowest BCUT2D eigenvalue weighted by Gasteiger charge is -2.28. The monoisotopic (exact) mass is 453 g/mol. The van der Waals surface area contributed by atoms with Crippen LogP contribution in [0.4, 0.5) is 0 Å². The normalized spacial score (nSPS) is 19.5. The first-order valence-electron chi connectivity index (χ1n) is 11.1. The summed E-state index contributed by atoms with van der Waals surface area (Å²) >= 11 is 0. The average Bonchev–Trinajstić information content (AvgIpc) is 3.37. The van der Waals surface area contributed by atoms with Crippen molar-refractivity contribution in [2.24, 2.45) is 0 Å². The number of benzene rings is 2. The van der Waals surface area contributed by atoms with E-state index < -0.39 is 9.84 Å². The lowest BCUT2D eigenvalue weighted by Crippen LogP contribution is -2.35. The van der Waals surface area contributed by atoms with Gasteiger partial charge in [-0.05, 0) is 72.2 Å². The van der Waals surface area contributed by atoms with Crippen molar-refractivity contribution < 1.29 is 17.6 Å². The van der Waals surface area contributed by atoms with E-state index in [4.69, 9.17) is 9.15 Å². The molecule has 1 aliphatic carbocycles. The van der Waals surface area contributed by atoms with Crippen LogP contribution in [0.3, 0.4) is 0 Å². The molecule has 168 valence electrons. The fourth-order valence-corrected chi connectivity index (χ4v) is 6.75. The molecule has 5 rings (SSSR count). The molecule has 0 radical (unpaired) electrons. The molecule has 1 atom stereocenters. The summed E-state index contributed by atoms with van der Waals surface area (Å²) in [6.45, 7) is 1.09. The maximum Gasteiger partial charge on any atom is 0.336 e. The van der Waals surface area contributed by atoms with Crippen LogP contribution < -0.4 is 10.4 Å². The van der Waals surface area contributed by atoms with Crippen molar-refractivity contribution in [2.75, 3.05) is 18.6 Å². The van der Waals surface area contributed by atoms with Crippen LogP contribution in [0.1, 0.15) is 35.1 Å². The fourth-order valence-electron chi connectivity index (χ4n) is 4.99. The Morgan fingerprint density at radius 1 is 1.06 bits per heavy atom. The van der Waals surface area contributed by atoms with E-state index in [9.17, 15) is 13.2 Å². The molecule has 0 spiro atoms. The predicted octanol–water partition coefficient (Wildman–Crippen LogP) is 3.48. The maximum absolute atomic E-state index is 12.3. The van der Waals surface area contributed by atoms with Gasteiger partial charge in [-0.2, -0.15) is 0 Å². The smallest absolute Gasteiger partial charge is 0.336 e. The standard InChI is InChI=1S/C25H27NO5S/c1-30-22-7-5-17(6-8-22)14-26(21-9-10-32(28,29)16-21)15-20-13-25(27)31-24-12-19-4-2-3-18(19)11-23(20)24/h5-8,11-13,21H,2-4,9-10,14-16H2,1H3. The summed E-state index contributed by atoms with van der Waals surface area (Å²) in [5.41, 5.74) is 4.80. The van der Waals surface area contributed by atoms with Crippen LogP contribution in [-0.2, 0) is 35.8 Å². The zero-order valence-corrected chi connectivity index (χ0v) is 19.0. The van der Waals surface area contributed by atoms with Crippen LogP contribution >= 0.6 is 0 Å². The van der Waals surface area contributed by atoms with Crippen molar-refractivity contribution in [1.82, 2.24) is 4.90 Å². The highest BCUT2D eigenvalue weighted by Gasteiger charge is 2.32. The van der Waals surface area contributed by atoms with Gasteiger partial charge >= 0.3 is 5.63 Å². The predicted molar refractivity (Wildman–Crippen MR) is 124 cm³/mol. The first-order valence-corrected chi connectivity index (χ1v) is 12.9. The van der Waals surface area contributed by atoms with Gasteiger partial charge in [0.15, 0.2) is 9.84 Å². The number of fused-ring (bicyclic) bond motifs is 2. The Bertz CT molecular complexity index is 1310. The molecule has 2 aliphatic rings. The van der Waals surface area contributed by atoms with Crippen LogP contribution in [0.25, 0.3) is 11.0 Å². The Labute approximate surface area is 187 Å². The molecule has 1 aromatic heterocycles. The van der Waals surface area contributed by atoms with E-state index in [1.54, 1.807) is 13.2 Å². The molecule has 7 heteroatoms. The van der Waals surface area contributed by atoms with Crippen LogP contribution in [0.5, 0.6) is 5.75 Å². The third-order valence-corrected chi connectivity index (χ3v) is 8.44. The Hall–Kier alpha value is -2.64. The summed E-state index contributed by atoms with van der Waals surface area (Å²) < 4.78 is 35.2. The van der Waals surface area contributed by atoms with Gasteiger partial charge in [-0.3, -0.25) is 4.90 Å².